The third-order valence-electron chi connectivity index (χ3n) is 3.73. The lowest BCUT2D eigenvalue weighted by Crippen LogP contribution is -2.24. The van der Waals surface area contributed by atoms with Crippen molar-refractivity contribution in [2.75, 3.05) is 7.11 Å². The van der Waals surface area contributed by atoms with Gasteiger partial charge in [-0.2, -0.15) is 0 Å². The van der Waals surface area contributed by atoms with Gasteiger partial charge in [0.1, 0.15) is 10.7 Å². The molecular weight excluding hydrogens is 461 g/mol. The van der Waals surface area contributed by atoms with Crippen molar-refractivity contribution in [3.63, 3.8) is 0 Å². The third kappa shape index (κ3) is 4.32. The van der Waals surface area contributed by atoms with E-state index in [4.69, 9.17) is 16.3 Å². The van der Waals surface area contributed by atoms with Crippen molar-refractivity contribution in [1.82, 2.24) is 14.3 Å². The summed E-state index contributed by atoms with van der Waals surface area (Å²) in [5.41, 5.74) is 0.777. The van der Waals surface area contributed by atoms with Gasteiger partial charge in [0.15, 0.2) is 5.75 Å². The Kier molecular flexibility index (Phi) is 5.85. The van der Waals surface area contributed by atoms with E-state index < -0.39 is 15.8 Å². The minimum atomic E-state index is -3.94. The van der Waals surface area contributed by atoms with Gasteiger partial charge in [-0.05, 0) is 45.8 Å². The van der Waals surface area contributed by atoms with Crippen LogP contribution in [0.1, 0.15) is 5.56 Å². The Bertz CT molecular complexity index is 1080. The first-order valence-electron chi connectivity index (χ1n) is 7.61. The van der Waals surface area contributed by atoms with Gasteiger partial charge in [-0.3, -0.25) is 0 Å². The lowest BCUT2D eigenvalue weighted by molar-refractivity contribution is 0.399. The topological polar surface area (TPSA) is 73.2 Å². The third-order valence-corrected chi connectivity index (χ3v) is 5.94. The molecule has 0 radical (unpaired) electrons. The van der Waals surface area contributed by atoms with Crippen molar-refractivity contribution in [2.24, 2.45) is 0 Å². The molecule has 2 aromatic carbocycles. The maximum atomic E-state index is 14.3. The van der Waals surface area contributed by atoms with E-state index in [-0.39, 0.29) is 22.2 Å². The number of nitrogens with zero attached hydrogens (tertiary/aromatic N) is 2. The molecule has 10 heteroatoms. The van der Waals surface area contributed by atoms with Gasteiger partial charge in [-0.1, -0.05) is 17.7 Å². The van der Waals surface area contributed by atoms with Crippen molar-refractivity contribution in [2.45, 2.75) is 11.4 Å². The molecule has 1 aromatic heterocycles. The SMILES string of the molecule is COc1c(Br)cc(Cl)cc1S(=O)(=O)NCc1ccc(-n2ccnc2)c(F)c1. The Morgan fingerprint density at radius 2 is 2.11 bits per heavy atom. The second-order valence-corrected chi connectivity index (χ2v) is 8.53. The van der Waals surface area contributed by atoms with E-state index >= 15 is 0 Å². The highest BCUT2D eigenvalue weighted by molar-refractivity contribution is 9.10. The Labute approximate surface area is 169 Å². The van der Waals surface area contributed by atoms with Crippen LogP contribution < -0.4 is 9.46 Å². The minimum Gasteiger partial charge on any atom is -0.494 e. The van der Waals surface area contributed by atoms with E-state index in [9.17, 15) is 12.8 Å². The van der Waals surface area contributed by atoms with Crippen LogP contribution in [0.3, 0.4) is 0 Å². The smallest absolute Gasteiger partial charge is 0.244 e. The zero-order chi connectivity index (χ0) is 19.6. The standard InChI is InChI=1S/C17H14BrClFN3O3S/c1-26-17-13(18)7-12(19)8-16(17)27(24,25)22-9-11-2-3-15(14(20)6-11)23-5-4-21-10-23/h2-8,10,22H,9H2,1H3. The number of aromatic nitrogens is 2. The molecule has 0 aliphatic carbocycles. The predicted octanol–water partition coefficient (Wildman–Crippen LogP) is 3.91. The number of hydrogen-bond acceptors (Lipinski definition) is 4. The quantitative estimate of drug-likeness (QED) is 0.588. The molecule has 6 nitrogen and oxygen atoms in total. The van der Waals surface area contributed by atoms with E-state index in [0.717, 1.165) is 0 Å². The highest BCUT2D eigenvalue weighted by Crippen LogP contribution is 2.35. The molecule has 1 heterocycles. The van der Waals surface area contributed by atoms with Crippen LogP contribution in [0, 0.1) is 5.82 Å². The molecule has 3 rings (SSSR count). The fraction of sp³-hybridized carbons (Fsp3) is 0.118. The molecule has 0 spiro atoms. The average Bonchev–Trinajstić information content (AvgIpc) is 3.14. The molecule has 0 amide bonds. The fourth-order valence-electron chi connectivity index (χ4n) is 2.46. The van der Waals surface area contributed by atoms with E-state index in [1.165, 1.54) is 42.4 Å². The van der Waals surface area contributed by atoms with Crippen LogP contribution in [0.5, 0.6) is 5.75 Å². The summed E-state index contributed by atoms with van der Waals surface area (Å²) in [6.45, 7) is -0.100. The Hall–Kier alpha value is -1.94. The summed E-state index contributed by atoms with van der Waals surface area (Å²) >= 11 is 9.18. The van der Waals surface area contributed by atoms with Crippen LogP contribution >= 0.6 is 27.5 Å². The molecule has 142 valence electrons. The largest absolute Gasteiger partial charge is 0.494 e. The van der Waals surface area contributed by atoms with Crippen molar-refractivity contribution < 1.29 is 17.5 Å². The van der Waals surface area contributed by atoms with Gasteiger partial charge in [0.2, 0.25) is 10.0 Å². The van der Waals surface area contributed by atoms with Gasteiger partial charge >= 0.3 is 0 Å². The number of imidazole rings is 1. The lowest BCUT2D eigenvalue weighted by Gasteiger charge is -2.13. The summed E-state index contributed by atoms with van der Waals surface area (Å²) in [6.07, 6.45) is 4.63. The second-order valence-electron chi connectivity index (χ2n) is 5.50. The average molecular weight is 475 g/mol. The van der Waals surface area contributed by atoms with Gasteiger partial charge in [0.25, 0.3) is 0 Å². The Balaban J connectivity index is 1.83. The molecule has 0 aliphatic heterocycles. The summed E-state index contributed by atoms with van der Waals surface area (Å²) in [7, 11) is -2.58. The molecule has 0 bridgehead atoms. The monoisotopic (exact) mass is 473 g/mol. The summed E-state index contributed by atoms with van der Waals surface area (Å²) in [5, 5.41) is 0.235. The highest BCUT2D eigenvalue weighted by Gasteiger charge is 2.22. The molecule has 0 saturated carbocycles. The first kappa shape index (κ1) is 19.8. The molecule has 0 aliphatic rings. The zero-order valence-corrected chi connectivity index (χ0v) is 17.1. The maximum absolute atomic E-state index is 14.3. The molecule has 0 unspecified atom stereocenters. The van der Waals surface area contributed by atoms with Crippen molar-refractivity contribution >= 4 is 37.6 Å². The maximum Gasteiger partial charge on any atom is 0.244 e. The summed E-state index contributed by atoms with van der Waals surface area (Å²) in [5.74, 6) is -0.360. The van der Waals surface area contributed by atoms with Crippen LogP contribution in [-0.4, -0.2) is 25.1 Å². The molecule has 0 atom stereocenters. The molecular formula is C17H14BrClFN3O3S. The van der Waals surface area contributed by atoms with Gasteiger partial charge in [0, 0.05) is 24.0 Å². The van der Waals surface area contributed by atoms with E-state index in [2.05, 4.69) is 25.6 Å². The second kappa shape index (κ2) is 7.97. The minimum absolute atomic E-state index is 0.100. The first-order valence-corrected chi connectivity index (χ1v) is 10.3. The molecule has 3 aromatic rings. The summed E-state index contributed by atoms with van der Waals surface area (Å²) in [4.78, 5) is 3.76. The summed E-state index contributed by atoms with van der Waals surface area (Å²) in [6, 6.07) is 7.27. The van der Waals surface area contributed by atoms with Crippen molar-refractivity contribution in [1.29, 1.82) is 0 Å². The molecule has 27 heavy (non-hydrogen) atoms. The normalized spacial score (nSPS) is 11.6. The number of ether oxygens (including phenoxy) is 1. The lowest BCUT2D eigenvalue weighted by atomic mass is 10.2. The summed E-state index contributed by atoms with van der Waals surface area (Å²) < 4.78 is 49.1. The van der Waals surface area contributed by atoms with Crippen LogP contribution in [0.15, 0.2) is 58.4 Å². The van der Waals surface area contributed by atoms with E-state index in [1.807, 2.05) is 0 Å². The number of halogens is 3. The number of sulfonamides is 1. The molecule has 1 N–H and O–H groups in total. The van der Waals surface area contributed by atoms with Crippen LogP contribution in [0.4, 0.5) is 4.39 Å². The van der Waals surface area contributed by atoms with Crippen LogP contribution in [-0.2, 0) is 16.6 Å². The van der Waals surface area contributed by atoms with Gasteiger partial charge in [-0.25, -0.2) is 22.5 Å². The number of rotatable bonds is 6. The van der Waals surface area contributed by atoms with Crippen LogP contribution in [0.2, 0.25) is 5.02 Å². The van der Waals surface area contributed by atoms with Crippen molar-refractivity contribution in [3.05, 3.63) is 69.9 Å². The number of benzene rings is 2. The number of nitrogens with one attached hydrogen (secondary N) is 1. The number of hydrogen-bond donors (Lipinski definition) is 1. The molecule has 0 fully saturated rings. The van der Waals surface area contributed by atoms with Gasteiger partial charge in [-0.15, -0.1) is 0 Å². The first-order chi connectivity index (χ1) is 12.8. The van der Waals surface area contributed by atoms with Gasteiger partial charge in [0.05, 0.1) is 23.6 Å². The van der Waals surface area contributed by atoms with Crippen molar-refractivity contribution in [3.8, 4) is 11.4 Å². The predicted molar refractivity (Wildman–Crippen MR) is 103 cm³/mol. The van der Waals surface area contributed by atoms with Crippen LogP contribution in [0.25, 0.3) is 5.69 Å². The van der Waals surface area contributed by atoms with Gasteiger partial charge < -0.3 is 9.30 Å². The fourth-order valence-corrected chi connectivity index (χ4v) is 4.86. The molecule has 0 saturated heterocycles. The zero-order valence-electron chi connectivity index (χ0n) is 14.0. The van der Waals surface area contributed by atoms with E-state index in [1.54, 1.807) is 18.3 Å². The highest BCUT2D eigenvalue weighted by atomic mass is 79.9. The Morgan fingerprint density at radius 1 is 1.33 bits per heavy atom. The van der Waals surface area contributed by atoms with E-state index in [0.29, 0.717) is 15.7 Å². The Morgan fingerprint density at radius 3 is 2.74 bits per heavy atom. The number of methoxy groups -OCH3 is 1.